The molecule has 0 N–H and O–H groups in total. The molecular formula is C30H27N3O2. The maximum Gasteiger partial charge on any atom is 0.271 e. The topological polar surface area (TPSA) is 64.4 Å². The van der Waals surface area contributed by atoms with E-state index in [0.29, 0.717) is 11.1 Å². The number of nitrogens with zero attached hydrogens (tertiary/aromatic N) is 3. The summed E-state index contributed by atoms with van der Waals surface area (Å²) in [6, 6.07) is 21.0. The largest absolute Gasteiger partial charge is 0.344 e. The number of imide groups is 1. The summed E-state index contributed by atoms with van der Waals surface area (Å²) < 4.78 is 0. The first-order chi connectivity index (χ1) is 16.7. The first-order valence-electron chi connectivity index (χ1n) is 11.8. The van der Waals surface area contributed by atoms with Crippen molar-refractivity contribution in [2.24, 2.45) is 0 Å². The smallest absolute Gasteiger partial charge is 0.271 e. The van der Waals surface area contributed by atoms with Crippen LogP contribution in [0.3, 0.4) is 0 Å². The zero-order valence-electron chi connectivity index (χ0n) is 20.6. The molecule has 0 atom stereocenters. The van der Waals surface area contributed by atoms with Crippen LogP contribution in [-0.2, 0) is 15.0 Å². The number of rotatable bonds is 2. The van der Waals surface area contributed by atoms with Crippen LogP contribution in [0.15, 0.2) is 71.3 Å². The Hall–Kier alpha value is -4.17. The van der Waals surface area contributed by atoms with Gasteiger partial charge in [0, 0.05) is 36.0 Å². The van der Waals surface area contributed by atoms with Crippen molar-refractivity contribution < 1.29 is 9.59 Å². The van der Waals surface area contributed by atoms with Gasteiger partial charge in [0.2, 0.25) is 0 Å². The monoisotopic (exact) mass is 461 g/mol. The summed E-state index contributed by atoms with van der Waals surface area (Å²) in [6.45, 7) is 8.16. The van der Waals surface area contributed by atoms with Crippen molar-refractivity contribution in [3.05, 3.63) is 88.0 Å². The van der Waals surface area contributed by atoms with Crippen LogP contribution in [0.1, 0.15) is 44.4 Å². The Balaban J connectivity index is 1.67. The highest BCUT2D eigenvalue weighted by atomic mass is 16.2. The van der Waals surface area contributed by atoms with E-state index in [1.54, 1.807) is 19.9 Å². The van der Waals surface area contributed by atoms with Crippen LogP contribution in [0, 0.1) is 11.3 Å². The molecule has 3 aromatic rings. The summed E-state index contributed by atoms with van der Waals surface area (Å²) in [7, 11) is 2.11. The second-order valence-corrected chi connectivity index (χ2v) is 9.67. The van der Waals surface area contributed by atoms with Crippen LogP contribution in [0.2, 0.25) is 0 Å². The Bertz CT molecular complexity index is 1530. The van der Waals surface area contributed by atoms with Crippen LogP contribution in [0.5, 0.6) is 0 Å². The minimum Gasteiger partial charge on any atom is -0.344 e. The van der Waals surface area contributed by atoms with E-state index in [0.717, 1.165) is 15.8 Å². The summed E-state index contributed by atoms with van der Waals surface area (Å²) in [4.78, 5) is 28.9. The van der Waals surface area contributed by atoms with E-state index in [-0.39, 0.29) is 23.4 Å². The number of para-hydroxylation sites is 1. The number of likely N-dealkylation sites (N-methyl/N-ethyl adjacent to an activating group) is 1. The Kier molecular flexibility index (Phi) is 5.14. The Morgan fingerprint density at radius 3 is 2.46 bits per heavy atom. The maximum atomic E-state index is 13.0. The molecule has 5 rings (SSSR count). The fourth-order valence-corrected chi connectivity index (χ4v) is 5.51. The lowest BCUT2D eigenvalue weighted by Crippen LogP contribution is -2.42. The van der Waals surface area contributed by atoms with Crippen molar-refractivity contribution >= 4 is 40.0 Å². The van der Waals surface area contributed by atoms with Gasteiger partial charge in [0.15, 0.2) is 0 Å². The molecule has 174 valence electrons. The molecule has 0 spiro atoms. The van der Waals surface area contributed by atoms with Gasteiger partial charge in [-0.05, 0) is 71.2 Å². The lowest BCUT2D eigenvalue weighted by atomic mass is 9.72. The van der Waals surface area contributed by atoms with Gasteiger partial charge in [-0.2, -0.15) is 5.26 Å². The number of benzene rings is 3. The molecule has 0 unspecified atom stereocenters. The Labute approximate surface area is 205 Å². The summed E-state index contributed by atoms with van der Waals surface area (Å²) >= 11 is 0. The molecule has 0 aliphatic carbocycles. The summed E-state index contributed by atoms with van der Waals surface area (Å²) in [6.07, 6.45) is 1.79. The van der Waals surface area contributed by atoms with Crippen molar-refractivity contribution in [2.75, 3.05) is 18.5 Å². The third-order valence-electron chi connectivity index (χ3n) is 7.40. The zero-order chi connectivity index (χ0) is 25.1. The van der Waals surface area contributed by atoms with E-state index >= 15 is 0 Å². The van der Waals surface area contributed by atoms with Gasteiger partial charge in [-0.1, -0.05) is 50.2 Å². The normalized spacial score (nSPS) is 18.1. The van der Waals surface area contributed by atoms with E-state index < -0.39 is 5.91 Å². The van der Waals surface area contributed by atoms with E-state index in [2.05, 4.69) is 74.3 Å². The first-order valence-corrected chi connectivity index (χ1v) is 11.8. The van der Waals surface area contributed by atoms with Gasteiger partial charge in [-0.25, -0.2) is 0 Å². The zero-order valence-corrected chi connectivity index (χ0v) is 20.6. The predicted molar refractivity (Wildman–Crippen MR) is 139 cm³/mol. The van der Waals surface area contributed by atoms with Crippen LogP contribution in [0.25, 0.3) is 16.8 Å². The number of fused-ring (bicyclic) bond motifs is 4. The van der Waals surface area contributed by atoms with Crippen LogP contribution in [-0.4, -0.2) is 30.3 Å². The summed E-state index contributed by atoms with van der Waals surface area (Å²) in [5.74, 6) is -0.884. The minimum absolute atomic E-state index is 0.0241. The molecule has 0 aromatic heterocycles. The lowest BCUT2D eigenvalue weighted by Gasteiger charge is -2.41. The second kappa shape index (κ2) is 7.95. The number of hydrogen-bond acceptors (Lipinski definition) is 4. The summed E-state index contributed by atoms with van der Waals surface area (Å²) in [5, 5.41) is 11.8. The molecule has 35 heavy (non-hydrogen) atoms. The third-order valence-corrected chi connectivity index (χ3v) is 7.40. The van der Waals surface area contributed by atoms with E-state index in [4.69, 9.17) is 0 Å². The van der Waals surface area contributed by atoms with Gasteiger partial charge in [0.1, 0.15) is 11.6 Å². The van der Waals surface area contributed by atoms with Gasteiger partial charge < -0.3 is 4.90 Å². The van der Waals surface area contributed by atoms with Crippen molar-refractivity contribution in [3.63, 3.8) is 0 Å². The fraction of sp³-hybridized carbons (Fsp3) is 0.233. The average molecular weight is 462 g/mol. The van der Waals surface area contributed by atoms with Crippen molar-refractivity contribution in [3.8, 4) is 6.07 Å². The quantitative estimate of drug-likeness (QED) is 0.354. The van der Waals surface area contributed by atoms with Gasteiger partial charge in [-0.15, -0.1) is 0 Å². The molecule has 2 aliphatic rings. The summed E-state index contributed by atoms with van der Waals surface area (Å²) in [5.41, 5.74) is 6.47. The molecule has 5 nitrogen and oxygen atoms in total. The van der Waals surface area contributed by atoms with Crippen LogP contribution >= 0.6 is 0 Å². The van der Waals surface area contributed by atoms with E-state index in [1.165, 1.54) is 27.9 Å². The highest BCUT2D eigenvalue weighted by Crippen LogP contribution is 2.50. The minimum atomic E-state index is -0.522. The van der Waals surface area contributed by atoms with Crippen molar-refractivity contribution in [1.82, 2.24) is 4.90 Å². The highest BCUT2D eigenvalue weighted by Gasteiger charge is 2.37. The fourth-order valence-electron chi connectivity index (χ4n) is 5.51. The van der Waals surface area contributed by atoms with Gasteiger partial charge in [0.25, 0.3) is 11.8 Å². The van der Waals surface area contributed by atoms with Crippen molar-refractivity contribution in [1.29, 1.82) is 5.26 Å². The molecule has 0 fully saturated rings. The molecule has 2 aliphatic heterocycles. The molecule has 2 heterocycles. The first kappa shape index (κ1) is 22.6. The average Bonchev–Trinajstić information content (AvgIpc) is 2.85. The van der Waals surface area contributed by atoms with Crippen molar-refractivity contribution in [2.45, 2.75) is 33.1 Å². The number of carbonyl (C=O) groups excluding carboxylic acids is 2. The van der Waals surface area contributed by atoms with Crippen LogP contribution in [0.4, 0.5) is 11.4 Å². The number of hydrogen-bond donors (Lipinski definition) is 0. The number of amides is 2. The second-order valence-electron chi connectivity index (χ2n) is 9.67. The Morgan fingerprint density at radius 1 is 1.00 bits per heavy atom. The Morgan fingerprint density at radius 2 is 1.74 bits per heavy atom. The van der Waals surface area contributed by atoms with Gasteiger partial charge in [-0.3, -0.25) is 14.5 Å². The molecule has 0 radical (unpaired) electrons. The molecule has 5 heteroatoms. The van der Waals surface area contributed by atoms with Gasteiger partial charge in [0.05, 0.1) is 0 Å². The third kappa shape index (κ3) is 3.21. The van der Waals surface area contributed by atoms with E-state index in [9.17, 15) is 14.9 Å². The standard InChI is InChI=1S/C30H27N3O2/c1-6-33-28(34)22(18(2)23(17-31)29(33)35)16-19-11-13-21-20(15-19)12-14-26-27(21)30(3,4)24-9-7-8-10-25(24)32(26)5/h7-16H,6H2,1-5H3/b22-16+. The molecule has 3 aromatic carbocycles. The molecule has 0 saturated heterocycles. The number of carbonyl (C=O) groups is 2. The lowest BCUT2D eigenvalue weighted by molar-refractivity contribution is -0.140. The highest BCUT2D eigenvalue weighted by molar-refractivity contribution is 6.19. The predicted octanol–water partition coefficient (Wildman–Crippen LogP) is 5.86. The SMILES string of the molecule is CCN1C(=O)C(C#N)=C(C)/C(=C\c2ccc3c4c(ccc3c2)N(C)c2ccccc2C4(C)C)C1=O. The van der Waals surface area contributed by atoms with Gasteiger partial charge >= 0.3 is 0 Å². The number of nitriles is 1. The molecular weight excluding hydrogens is 434 g/mol. The maximum absolute atomic E-state index is 13.0. The van der Waals surface area contributed by atoms with Crippen LogP contribution < -0.4 is 4.90 Å². The van der Waals surface area contributed by atoms with E-state index in [1.807, 2.05) is 12.1 Å². The molecule has 2 amide bonds. The number of anilines is 2. The molecule has 0 saturated carbocycles. The molecule has 0 bridgehead atoms.